The van der Waals surface area contributed by atoms with Crippen molar-refractivity contribution in [2.75, 3.05) is 67.2 Å². The molecule has 0 bridgehead atoms. The maximum Gasteiger partial charge on any atom is 0.433 e. The number of morpholine rings is 1. The SMILES string of the molecule is FC(F)(F)c1ccnc(N2CCN(c3ccnc(N4CCOCC4)n3)CC2)n1. The van der Waals surface area contributed by atoms with Crippen LogP contribution in [0.3, 0.4) is 0 Å². The first-order valence-corrected chi connectivity index (χ1v) is 9.06. The number of halogens is 3. The monoisotopic (exact) mass is 395 g/mol. The molecule has 150 valence electrons. The topological polar surface area (TPSA) is 70.5 Å². The van der Waals surface area contributed by atoms with Crippen LogP contribution in [0.5, 0.6) is 0 Å². The number of aromatic nitrogens is 4. The van der Waals surface area contributed by atoms with Crippen molar-refractivity contribution in [2.24, 2.45) is 0 Å². The van der Waals surface area contributed by atoms with Crippen molar-refractivity contribution in [3.8, 4) is 0 Å². The summed E-state index contributed by atoms with van der Waals surface area (Å²) in [5.41, 5.74) is -0.925. The van der Waals surface area contributed by atoms with Crippen molar-refractivity contribution in [3.05, 3.63) is 30.2 Å². The number of hydrogen-bond acceptors (Lipinski definition) is 8. The van der Waals surface area contributed by atoms with Gasteiger partial charge in [-0.3, -0.25) is 0 Å². The van der Waals surface area contributed by atoms with Crippen LogP contribution in [-0.2, 0) is 10.9 Å². The highest BCUT2D eigenvalue weighted by Gasteiger charge is 2.33. The highest BCUT2D eigenvalue weighted by atomic mass is 19.4. The standard InChI is InChI=1S/C17H20F3N7O/c18-17(19,20)13-1-3-21-15(23-13)26-7-5-25(6-8-26)14-2-4-22-16(24-14)27-9-11-28-12-10-27/h1-4H,5-12H2. The molecule has 8 nitrogen and oxygen atoms in total. The summed E-state index contributed by atoms with van der Waals surface area (Å²) in [6.07, 6.45) is -1.59. The summed E-state index contributed by atoms with van der Waals surface area (Å²) < 4.78 is 44.0. The van der Waals surface area contributed by atoms with Crippen LogP contribution in [0.25, 0.3) is 0 Å². The Hall–Kier alpha value is -2.69. The Labute approximate surface area is 160 Å². The van der Waals surface area contributed by atoms with E-state index in [2.05, 4.69) is 29.7 Å². The van der Waals surface area contributed by atoms with Gasteiger partial charge in [0.2, 0.25) is 11.9 Å². The molecule has 4 heterocycles. The summed E-state index contributed by atoms with van der Waals surface area (Å²) >= 11 is 0. The van der Waals surface area contributed by atoms with Crippen LogP contribution in [0.1, 0.15) is 5.69 Å². The highest BCUT2D eigenvalue weighted by Crippen LogP contribution is 2.28. The molecule has 11 heteroatoms. The van der Waals surface area contributed by atoms with E-state index in [4.69, 9.17) is 4.74 Å². The van der Waals surface area contributed by atoms with Gasteiger partial charge >= 0.3 is 6.18 Å². The Morgan fingerprint density at radius 2 is 1.32 bits per heavy atom. The summed E-state index contributed by atoms with van der Waals surface area (Å²) in [4.78, 5) is 22.6. The molecular weight excluding hydrogens is 375 g/mol. The predicted molar refractivity (Wildman–Crippen MR) is 96.5 cm³/mol. The molecule has 0 aromatic carbocycles. The number of hydrogen-bond donors (Lipinski definition) is 0. The lowest BCUT2D eigenvalue weighted by Gasteiger charge is -2.36. The summed E-state index contributed by atoms with van der Waals surface area (Å²) in [6, 6.07) is 2.73. The van der Waals surface area contributed by atoms with Gasteiger partial charge in [0.05, 0.1) is 13.2 Å². The molecule has 0 amide bonds. The molecule has 0 spiro atoms. The maximum absolute atomic E-state index is 12.9. The van der Waals surface area contributed by atoms with E-state index in [1.54, 1.807) is 11.1 Å². The first-order chi connectivity index (χ1) is 13.5. The fourth-order valence-electron chi connectivity index (χ4n) is 3.23. The lowest BCUT2D eigenvalue weighted by Crippen LogP contribution is -2.47. The number of ether oxygens (including phenoxy) is 1. The zero-order valence-electron chi connectivity index (χ0n) is 15.1. The van der Waals surface area contributed by atoms with Crippen LogP contribution in [0.2, 0.25) is 0 Å². The average Bonchev–Trinajstić information content (AvgIpc) is 2.74. The van der Waals surface area contributed by atoms with Crippen molar-refractivity contribution in [1.82, 2.24) is 19.9 Å². The summed E-state index contributed by atoms with van der Waals surface area (Å²) in [5, 5.41) is 0. The molecule has 4 rings (SSSR count). The molecule has 0 aliphatic carbocycles. The van der Waals surface area contributed by atoms with Gasteiger partial charge < -0.3 is 19.4 Å². The van der Waals surface area contributed by atoms with Crippen LogP contribution >= 0.6 is 0 Å². The van der Waals surface area contributed by atoms with Crippen molar-refractivity contribution in [3.63, 3.8) is 0 Å². The largest absolute Gasteiger partial charge is 0.433 e. The van der Waals surface area contributed by atoms with Crippen LogP contribution < -0.4 is 14.7 Å². The molecule has 2 saturated heterocycles. The third-order valence-electron chi connectivity index (χ3n) is 4.74. The Balaban J connectivity index is 1.42. The average molecular weight is 395 g/mol. The summed E-state index contributed by atoms with van der Waals surface area (Å²) in [6.45, 7) is 5.06. The van der Waals surface area contributed by atoms with E-state index < -0.39 is 11.9 Å². The van der Waals surface area contributed by atoms with E-state index in [9.17, 15) is 13.2 Å². The van der Waals surface area contributed by atoms with Crippen LogP contribution in [0, 0.1) is 0 Å². The van der Waals surface area contributed by atoms with E-state index in [0.717, 1.165) is 31.2 Å². The lowest BCUT2D eigenvalue weighted by atomic mass is 10.3. The van der Waals surface area contributed by atoms with Gasteiger partial charge in [-0.1, -0.05) is 0 Å². The number of anilines is 3. The number of piperazine rings is 1. The minimum Gasteiger partial charge on any atom is -0.378 e. The molecule has 0 N–H and O–H groups in total. The molecule has 2 aromatic rings. The molecular formula is C17H20F3N7O. The summed E-state index contributed by atoms with van der Waals surface area (Å²) in [5.74, 6) is 1.58. The normalized spacial score (nSPS) is 18.5. The third kappa shape index (κ3) is 4.08. The van der Waals surface area contributed by atoms with Gasteiger partial charge in [0, 0.05) is 51.7 Å². The van der Waals surface area contributed by atoms with Gasteiger partial charge in [-0.15, -0.1) is 0 Å². The first-order valence-electron chi connectivity index (χ1n) is 9.06. The van der Waals surface area contributed by atoms with Gasteiger partial charge in [0.25, 0.3) is 0 Å². The van der Waals surface area contributed by atoms with E-state index in [1.165, 1.54) is 0 Å². The van der Waals surface area contributed by atoms with E-state index in [0.29, 0.717) is 45.3 Å². The second-order valence-electron chi connectivity index (χ2n) is 6.53. The zero-order valence-corrected chi connectivity index (χ0v) is 15.1. The molecule has 0 atom stereocenters. The highest BCUT2D eigenvalue weighted by molar-refractivity contribution is 5.46. The van der Waals surface area contributed by atoms with E-state index in [-0.39, 0.29) is 5.95 Å². The molecule has 0 radical (unpaired) electrons. The third-order valence-corrected chi connectivity index (χ3v) is 4.74. The molecule has 0 saturated carbocycles. The van der Waals surface area contributed by atoms with Crippen molar-refractivity contribution < 1.29 is 17.9 Å². The molecule has 2 aliphatic heterocycles. The zero-order chi connectivity index (χ0) is 19.6. The number of nitrogens with zero attached hydrogens (tertiary/aromatic N) is 7. The molecule has 0 unspecified atom stereocenters. The first kappa shape index (κ1) is 18.7. The van der Waals surface area contributed by atoms with Gasteiger partial charge in [-0.25, -0.2) is 15.0 Å². The predicted octanol–water partition coefficient (Wildman–Crippen LogP) is 1.45. The number of alkyl halides is 3. The lowest BCUT2D eigenvalue weighted by molar-refractivity contribution is -0.141. The molecule has 2 fully saturated rings. The van der Waals surface area contributed by atoms with Crippen molar-refractivity contribution in [2.45, 2.75) is 6.18 Å². The Kier molecular flexibility index (Phi) is 5.16. The minimum absolute atomic E-state index is 0.103. The Morgan fingerprint density at radius 1 is 0.750 bits per heavy atom. The molecule has 28 heavy (non-hydrogen) atoms. The molecule has 2 aliphatic rings. The summed E-state index contributed by atoms with van der Waals surface area (Å²) in [7, 11) is 0. The van der Waals surface area contributed by atoms with Gasteiger partial charge in [-0.2, -0.15) is 18.2 Å². The van der Waals surface area contributed by atoms with E-state index in [1.807, 2.05) is 6.07 Å². The fraction of sp³-hybridized carbons (Fsp3) is 0.529. The Morgan fingerprint density at radius 3 is 2.00 bits per heavy atom. The van der Waals surface area contributed by atoms with Crippen LogP contribution in [0.15, 0.2) is 24.5 Å². The second-order valence-corrected chi connectivity index (χ2v) is 6.53. The van der Waals surface area contributed by atoms with E-state index >= 15 is 0 Å². The van der Waals surface area contributed by atoms with Crippen LogP contribution in [-0.4, -0.2) is 72.4 Å². The quantitative estimate of drug-likeness (QED) is 0.774. The van der Waals surface area contributed by atoms with Gasteiger partial charge in [-0.05, 0) is 12.1 Å². The minimum atomic E-state index is -4.48. The smallest absolute Gasteiger partial charge is 0.378 e. The Bertz CT molecular complexity index is 805. The van der Waals surface area contributed by atoms with Crippen molar-refractivity contribution in [1.29, 1.82) is 0 Å². The number of rotatable bonds is 3. The van der Waals surface area contributed by atoms with Crippen molar-refractivity contribution >= 4 is 17.7 Å². The van der Waals surface area contributed by atoms with Gasteiger partial charge in [0.1, 0.15) is 11.5 Å². The van der Waals surface area contributed by atoms with Crippen LogP contribution in [0.4, 0.5) is 30.9 Å². The second kappa shape index (κ2) is 7.74. The maximum atomic E-state index is 12.9. The molecule has 2 aromatic heterocycles. The van der Waals surface area contributed by atoms with Gasteiger partial charge in [0.15, 0.2) is 0 Å². The fourth-order valence-corrected chi connectivity index (χ4v) is 3.23.